The topological polar surface area (TPSA) is 55.1 Å². The molecular formula is C17H19BrN2O2S. The first-order valence-corrected chi connectivity index (χ1v) is 9.62. The molecule has 0 aliphatic heterocycles. The molecule has 1 aromatic heterocycles. The number of halogens is 1. The Balaban J connectivity index is 1.52. The molecule has 0 atom stereocenters. The molecule has 1 aliphatic rings. The monoisotopic (exact) mass is 394 g/mol. The first kappa shape index (κ1) is 16.6. The Morgan fingerprint density at radius 2 is 2.17 bits per heavy atom. The number of hydrogen-bond acceptors (Lipinski definition) is 4. The summed E-state index contributed by atoms with van der Waals surface area (Å²) in [6.07, 6.45) is 7.62. The average molecular weight is 395 g/mol. The van der Waals surface area contributed by atoms with E-state index in [4.69, 9.17) is 4.42 Å². The Kier molecular flexibility index (Phi) is 5.78. The fraction of sp³-hybridized carbons (Fsp3) is 0.412. The minimum Gasteiger partial charge on any atom is -0.431 e. The summed E-state index contributed by atoms with van der Waals surface area (Å²) in [6, 6.07) is 8.20. The van der Waals surface area contributed by atoms with Crippen molar-refractivity contribution in [2.24, 2.45) is 0 Å². The van der Waals surface area contributed by atoms with E-state index in [-0.39, 0.29) is 5.91 Å². The van der Waals surface area contributed by atoms with Gasteiger partial charge in [0.05, 0.1) is 11.9 Å². The van der Waals surface area contributed by atoms with Gasteiger partial charge in [0.15, 0.2) is 5.76 Å². The number of aromatic nitrogens is 1. The molecule has 4 nitrogen and oxygen atoms in total. The molecule has 0 saturated heterocycles. The Morgan fingerprint density at radius 3 is 2.96 bits per heavy atom. The van der Waals surface area contributed by atoms with Crippen LogP contribution in [-0.4, -0.2) is 22.7 Å². The maximum absolute atomic E-state index is 12.0. The van der Waals surface area contributed by atoms with Gasteiger partial charge in [-0.3, -0.25) is 4.79 Å². The largest absolute Gasteiger partial charge is 0.431 e. The van der Waals surface area contributed by atoms with Gasteiger partial charge in [-0.2, -0.15) is 0 Å². The molecule has 0 bridgehead atoms. The lowest BCUT2D eigenvalue weighted by molar-refractivity contribution is -0.119. The zero-order valence-electron chi connectivity index (χ0n) is 12.8. The van der Waals surface area contributed by atoms with Crippen LogP contribution in [0.5, 0.6) is 0 Å². The maximum Gasteiger partial charge on any atom is 0.256 e. The molecule has 0 unspecified atom stereocenters. The summed E-state index contributed by atoms with van der Waals surface area (Å²) in [7, 11) is 0. The maximum atomic E-state index is 12.0. The second kappa shape index (κ2) is 8.02. The van der Waals surface area contributed by atoms with Gasteiger partial charge in [-0.15, -0.1) is 0 Å². The quantitative estimate of drug-likeness (QED) is 0.750. The number of rotatable bonds is 5. The molecule has 1 fully saturated rings. The number of oxazole rings is 1. The normalized spacial score (nSPS) is 15.5. The second-order valence-electron chi connectivity index (χ2n) is 5.69. The van der Waals surface area contributed by atoms with E-state index in [0.717, 1.165) is 22.9 Å². The van der Waals surface area contributed by atoms with Crippen LogP contribution in [0.4, 0.5) is 0 Å². The van der Waals surface area contributed by atoms with Gasteiger partial charge < -0.3 is 9.73 Å². The number of carbonyl (C=O) groups is 1. The number of hydrogen-bond donors (Lipinski definition) is 1. The van der Waals surface area contributed by atoms with Crippen LogP contribution in [0, 0.1) is 0 Å². The van der Waals surface area contributed by atoms with Gasteiger partial charge in [-0.1, -0.05) is 59.1 Å². The van der Waals surface area contributed by atoms with Gasteiger partial charge in [-0.25, -0.2) is 4.98 Å². The molecule has 0 spiro atoms. The molecule has 1 N–H and O–H groups in total. The lowest BCUT2D eigenvalue weighted by atomic mass is 9.95. The molecule has 1 aliphatic carbocycles. The van der Waals surface area contributed by atoms with Crippen molar-refractivity contribution in [1.82, 2.24) is 10.3 Å². The van der Waals surface area contributed by atoms with E-state index in [1.807, 2.05) is 24.3 Å². The smallest absolute Gasteiger partial charge is 0.256 e. The number of amides is 1. The minimum absolute atomic E-state index is 0.0594. The SMILES string of the molecule is O=C(CSc1ncc(-c2cccc(Br)c2)o1)NC1CCCCC1. The fourth-order valence-corrected chi connectivity index (χ4v) is 3.76. The van der Waals surface area contributed by atoms with Gasteiger partial charge >= 0.3 is 0 Å². The number of carbonyl (C=O) groups excluding carboxylic acids is 1. The summed E-state index contributed by atoms with van der Waals surface area (Å²) in [4.78, 5) is 16.2. The molecule has 23 heavy (non-hydrogen) atoms. The Bertz CT molecular complexity index is 668. The minimum atomic E-state index is 0.0594. The van der Waals surface area contributed by atoms with E-state index in [1.165, 1.54) is 31.0 Å². The van der Waals surface area contributed by atoms with Crippen molar-refractivity contribution in [2.75, 3.05) is 5.75 Å². The molecule has 1 amide bonds. The summed E-state index contributed by atoms with van der Waals surface area (Å²) < 4.78 is 6.71. The van der Waals surface area contributed by atoms with Crippen LogP contribution in [0.2, 0.25) is 0 Å². The van der Waals surface area contributed by atoms with Crippen molar-refractivity contribution in [3.63, 3.8) is 0 Å². The molecule has 2 aromatic rings. The standard InChI is InChI=1S/C17H19BrN2O2S/c18-13-6-4-5-12(9-13)15-10-19-17(22-15)23-11-16(21)20-14-7-2-1-3-8-14/h4-6,9-10,14H,1-3,7-8,11H2,(H,20,21). The van der Waals surface area contributed by atoms with E-state index in [2.05, 4.69) is 26.2 Å². The van der Waals surface area contributed by atoms with Crippen LogP contribution >= 0.6 is 27.7 Å². The van der Waals surface area contributed by atoms with Crippen molar-refractivity contribution < 1.29 is 9.21 Å². The van der Waals surface area contributed by atoms with Crippen LogP contribution < -0.4 is 5.32 Å². The predicted octanol–water partition coefficient (Wildman–Crippen LogP) is 4.65. The highest BCUT2D eigenvalue weighted by Crippen LogP contribution is 2.27. The molecule has 1 heterocycles. The summed E-state index contributed by atoms with van der Waals surface area (Å²) in [5.41, 5.74) is 0.963. The lowest BCUT2D eigenvalue weighted by Crippen LogP contribution is -2.37. The third kappa shape index (κ3) is 4.85. The van der Waals surface area contributed by atoms with Crippen LogP contribution in [0.25, 0.3) is 11.3 Å². The third-order valence-corrected chi connectivity index (χ3v) is 5.23. The molecular weight excluding hydrogens is 376 g/mol. The van der Waals surface area contributed by atoms with Gasteiger partial charge in [0, 0.05) is 16.1 Å². The average Bonchev–Trinajstić information content (AvgIpc) is 3.03. The van der Waals surface area contributed by atoms with Gasteiger partial charge in [0.1, 0.15) is 0 Å². The van der Waals surface area contributed by atoms with Crippen LogP contribution in [0.15, 0.2) is 44.6 Å². The summed E-state index contributed by atoms with van der Waals surface area (Å²) in [6.45, 7) is 0. The van der Waals surface area contributed by atoms with E-state index in [1.54, 1.807) is 6.20 Å². The first-order valence-electron chi connectivity index (χ1n) is 7.84. The van der Waals surface area contributed by atoms with E-state index in [0.29, 0.717) is 22.8 Å². The highest BCUT2D eigenvalue weighted by Gasteiger charge is 2.16. The van der Waals surface area contributed by atoms with Crippen LogP contribution in [0.3, 0.4) is 0 Å². The lowest BCUT2D eigenvalue weighted by Gasteiger charge is -2.22. The van der Waals surface area contributed by atoms with E-state index >= 15 is 0 Å². The molecule has 0 radical (unpaired) electrons. The number of benzene rings is 1. The van der Waals surface area contributed by atoms with Crippen LogP contribution in [-0.2, 0) is 4.79 Å². The Hall–Kier alpha value is -1.27. The van der Waals surface area contributed by atoms with Gasteiger partial charge in [0.25, 0.3) is 5.22 Å². The molecule has 3 rings (SSSR count). The number of nitrogens with zero attached hydrogens (tertiary/aromatic N) is 1. The molecule has 1 saturated carbocycles. The van der Waals surface area contributed by atoms with E-state index in [9.17, 15) is 4.79 Å². The molecule has 1 aromatic carbocycles. The van der Waals surface area contributed by atoms with Gasteiger partial charge in [0.2, 0.25) is 5.91 Å². The fourth-order valence-electron chi connectivity index (χ4n) is 2.74. The first-order chi connectivity index (χ1) is 11.2. The zero-order valence-corrected chi connectivity index (χ0v) is 15.2. The predicted molar refractivity (Wildman–Crippen MR) is 95.4 cm³/mol. The van der Waals surface area contributed by atoms with Crippen LogP contribution in [0.1, 0.15) is 32.1 Å². The Labute approximate surface area is 148 Å². The van der Waals surface area contributed by atoms with Crippen molar-refractivity contribution in [2.45, 2.75) is 43.4 Å². The summed E-state index contributed by atoms with van der Waals surface area (Å²) in [5.74, 6) is 1.11. The second-order valence-corrected chi connectivity index (χ2v) is 7.53. The van der Waals surface area contributed by atoms with E-state index < -0.39 is 0 Å². The summed E-state index contributed by atoms with van der Waals surface area (Å²) in [5, 5.41) is 3.63. The molecule has 122 valence electrons. The number of thioether (sulfide) groups is 1. The third-order valence-electron chi connectivity index (χ3n) is 3.89. The van der Waals surface area contributed by atoms with Crippen molar-refractivity contribution >= 4 is 33.6 Å². The Morgan fingerprint density at radius 1 is 1.35 bits per heavy atom. The van der Waals surface area contributed by atoms with Gasteiger partial charge in [-0.05, 0) is 25.0 Å². The zero-order chi connectivity index (χ0) is 16.1. The summed E-state index contributed by atoms with van der Waals surface area (Å²) >= 11 is 4.78. The highest BCUT2D eigenvalue weighted by atomic mass is 79.9. The highest BCUT2D eigenvalue weighted by molar-refractivity contribution is 9.10. The number of nitrogens with one attached hydrogen (secondary N) is 1. The van der Waals surface area contributed by atoms with Crippen molar-refractivity contribution in [1.29, 1.82) is 0 Å². The molecule has 6 heteroatoms. The van der Waals surface area contributed by atoms with Crippen molar-refractivity contribution in [3.8, 4) is 11.3 Å². The van der Waals surface area contributed by atoms with Crippen molar-refractivity contribution in [3.05, 3.63) is 34.9 Å².